The van der Waals surface area contributed by atoms with Gasteiger partial charge in [-0.3, -0.25) is 9.59 Å². The normalized spacial score (nSPS) is 19.1. The van der Waals surface area contributed by atoms with Crippen LogP contribution in [0.25, 0.3) is 0 Å². The number of carboxylic acid groups (broad SMARTS) is 1. The van der Waals surface area contributed by atoms with Crippen LogP contribution in [0.4, 0.5) is 0 Å². The number of likely N-dealkylation sites (tertiary alicyclic amines) is 1. The van der Waals surface area contributed by atoms with Crippen LogP contribution in [0.15, 0.2) is 4.52 Å². The fourth-order valence-electron chi connectivity index (χ4n) is 2.33. The van der Waals surface area contributed by atoms with Gasteiger partial charge in [-0.15, -0.1) is 0 Å². The lowest BCUT2D eigenvalue weighted by Gasteiger charge is -2.32. The van der Waals surface area contributed by atoms with Crippen LogP contribution in [0.3, 0.4) is 0 Å². The van der Waals surface area contributed by atoms with E-state index in [0.717, 1.165) is 12.8 Å². The van der Waals surface area contributed by atoms with Gasteiger partial charge < -0.3 is 19.8 Å². The number of nitrogens with one attached hydrogen (secondary N) is 1. The molecule has 1 amide bonds. The fraction of sp³-hybridized carbons (Fsp3) is 0.667. The highest BCUT2D eigenvalue weighted by molar-refractivity contribution is 5.90. The van der Waals surface area contributed by atoms with E-state index in [2.05, 4.69) is 15.5 Å². The number of piperidine rings is 1. The molecule has 0 saturated carbocycles. The lowest BCUT2D eigenvalue weighted by atomic mass is 9.98. The summed E-state index contributed by atoms with van der Waals surface area (Å²) in [5, 5.41) is 15.1. The molecule has 1 aromatic heterocycles. The summed E-state index contributed by atoms with van der Waals surface area (Å²) < 4.78 is 4.81. The predicted molar refractivity (Wildman–Crippen MR) is 68.2 cm³/mol. The highest BCUT2D eigenvalue weighted by atomic mass is 16.5. The number of hydrogen-bond donors (Lipinski definition) is 2. The van der Waals surface area contributed by atoms with E-state index in [-0.39, 0.29) is 24.2 Å². The van der Waals surface area contributed by atoms with Gasteiger partial charge in [-0.05, 0) is 18.8 Å². The number of aromatic nitrogens is 2. The van der Waals surface area contributed by atoms with Crippen molar-refractivity contribution < 1.29 is 19.2 Å². The first-order chi connectivity index (χ1) is 9.56. The van der Waals surface area contributed by atoms with Crippen molar-refractivity contribution in [1.82, 2.24) is 20.4 Å². The van der Waals surface area contributed by atoms with E-state index in [1.807, 2.05) is 0 Å². The number of carbonyl (C=O) groups excluding carboxylic acids is 1. The highest BCUT2D eigenvalue weighted by Gasteiger charge is 2.27. The van der Waals surface area contributed by atoms with Crippen LogP contribution < -0.4 is 5.32 Å². The molecule has 1 saturated heterocycles. The van der Waals surface area contributed by atoms with E-state index in [9.17, 15) is 9.59 Å². The molecule has 20 heavy (non-hydrogen) atoms. The molecule has 1 aliphatic rings. The molecule has 8 nitrogen and oxygen atoms in total. The molecule has 1 aromatic rings. The first kappa shape index (κ1) is 14.4. The molecule has 2 rings (SSSR count). The zero-order valence-corrected chi connectivity index (χ0v) is 11.3. The fourth-order valence-corrected chi connectivity index (χ4v) is 2.33. The van der Waals surface area contributed by atoms with Gasteiger partial charge in [-0.25, -0.2) is 0 Å². The Hall–Kier alpha value is -1.96. The molecular weight excluding hydrogens is 264 g/mol. The van der Waals surface area contributed by atoms with Crippen molar-refractivity contribution in [3.05, 3.63) is 11.7 Å². The van der Waals surface area contributed by atoms with Crippen molar-refractivity contribution in [3.63, 3.8) is 0 Å². The summed E-state index contributed by atoms with van der Waals surface area (Å²) in [6.07, 6.45) is 1.86. The number of aryl methyl sites for hydroxylation is 1. The van der Waals surface area contributed by atoms with E-state index >= 15 is 0 Å². The van der Waals surface area contributed by atoms with Gasteiger partial charge in [0.25, 0.3) is 11.7 Å². The Labute approximate surface area is 116 Å². The number of amides is 1. The zero-order valence-electron chi connectivity index (χ0n) is 11.3. The van der Waals surface area contributed by atoms with Gasteiger partial charge in [0.05, 0.1) is 6.54 Å². The minimum Gasteiger partial charge on any atom is -0.480 e. The summed E-state index contributed by atoms with van der Waals surface area (Å²) in [7, 11) is 0. The summed E-state index contributed by atoms with van der Waals surface area (Å²) >= 11 is 0. The second-order valence-corrected chi connectivity index (χ2v) is 4.92. The molecule has 2 heterocycles. The molecule has 2 N–H and O–H groups in total. The average Bonchev–Trinajstić information content (AvgIpc) is 2.84. The van der Waals surface area contributed by atoms with Crippen molar-refractivity contribution in [1.29, 1.82) is 0 Å². The summed E-state index contributed by atoms with van der Waals surface area (Å²) in [6.45, 7) is 3.41. The first-order valence-corrected chi connectivity index (χ1v) is 6.58. The topological polar surface area (TPSA) is 109 Å². The molecular formula is C12H18N4O4. The molecule has 1 unspecified atom stereocenters. The molecule has 1 aliphatic heterocycles. The maximum absolute atomic E-state index is 12.2. The number of hydrogen-bond acceptors (Lipinski definition) is 6. The Bertz CT molecular complexity index is 488. The van der Waals surface area contributed by atoms with E-state index < -0.39 is 5.97 Å². The highest BCUT2D eigenvalue weighted by Crippen LogP contribution is 2.17. The Balaban J connectivity index is 1.86. The summed E-state index contributed by atoms with van der Waals surface area (Å²) in [5.41, 5.74) is 0. The second-order valence-electron chi connectivity index (χ2n) is 4.92. The summed E-state index contributed by atoms with van der Waals surface area (Å²) in [5.74, 6) is -0.410. The SMILES string of the molecule is Cc1nc(C(=O)N2CCCC(CNCC(=O)O)C2)no1. The van der Waals surface area contributed by atoms with E-state index in [4.69, 9.17) is 9.63 Å². The molecule has 0 spiro atoms. The maximum atomic E-state index is 12.2. The Morgan fingerprint density at radius 1 is 1.55 bits per heavy atom. The number of nitrogens with zero attached hydrogens (tertiary/aromatic N) is 3. The molecule has 0 aliphatic carbocycles. The number of rotatable bonds is 5. The van der Waals surface area contributed by atoms with Gasteiger partial charge in [0, 0.05) is 26.6 Å². The monoisotopic (exact) mass is 282 g/mol. The minimum atomic E-state index is -0.879. The van der Waals surface area contributed by atoms with Crippen molar-refractivity contribution in [3.8, 4) is 0 Å². The van der Waals surface area contributed by atoms with Gasteiger partial charge >= 0.3 is 5.97 Å². The van der Waals surface area contributed by atoms with E-state index in [1.165, 1.54) is 0 Å². The number of carboxylic acids is 1. The van der Waals surface area contributed by atoms with Gasteiger partial charge in [-0.2, -0.15) is 4.98 Å². The maximum Gasteiger partial charge on any atom is 0.317 e. The Morgan fingerprint density at radius 2 is 2.35 bits per heavy atom. The molecule has 8 heteroatoms. The van der Waals surface area contributed by atoms with E-state index in [1.54, 1.807) is 11.8 Å². The van der Waals surface area contributed by atoms with Gasteiger partial charge in [-0.1, -0.05) is 5.16 Å². The molecule has 1 atom stereocenters. The largest absolute Gasteiger partial charge is 0.480 e. The van der Waals surface area contributed by atoms with Crippen LogP contribution in [-0.4, -0.2) is 58.2 Å². The number of carbonyl (C=O) groups is 2. The lowest BCUT2D eigenvalue weighted by molar-refractivity contribution is -0.136. The average molecular weight is 282 g/mol. The Morgan fingerprint density at radius 3 is 3.00 bits per heavy atom. The van der Waals surface area contributed by atoms with Gasteiger partial charge in [0.1, 0.15) is 0 Å². The van der Waals surface area contributed by atoms with Crippen molar-refractivity contribution in [2.24, 2.45) is 5.92 Å². The van der Waals surface area contributed by atoms with Crippen LogP contribution >= 0.6 is 0 Å². The van der Waals surface area contributed by atoms with Crippen LogP contribution in [-0.2, 0) is 4.79 Å². The van der Waals surface area contributed by atoms with Gasteiger partial charge in [0.15, 0.2) is 0 Å². The van der Waals surface area contributed by atoms with Crippen LogP contribution in [0.2, 0.25) is 0 Å². The quantitative estimate of drug-likeness (QED) is 0.776. The van der Waals surface area contributed by atoms with Gasteiger partial charge in [0.2, 0.25) is 5.89 Å². The lowest BCUT2D eigenvalue weighted by Crippen LogP contribution is -2.43. The Kier molecular flexibility index (Phi) is 4.67. The van der Waals surface area contributed by atoms with Crippen molar-refractivity contribution >= 4 is 11.9 Å². The zero-order chi connectivity index (χ0) is 14.5. The predicted octanol–water partition coefficient (Wildman–Crippen LogP) is -0.0956. The summed E-state index contributed by atoms with van der Waals surface area (Å²) in [4.78, 5) is 28.2. The molecule has 0 radical (unpaired) electrons. The summed E-state index contributed by atoms with van der Waals surface area (Å²) in [6, 6.07) is 0. The number of aliphatic carboxylic acids is 1. The third kappa shape index (κ3) is 3.77. The molecule has 1 fully saturated rings. The third-order valence-electron chi connectivity index (χ3n) is 3.23. The molecule has 0 bridgehead atoms. The molecule has 0 aromatic carbocycles. The first-order valence-electron chi connectivity index (χ1n) is 6.58. The molecule has 110 valence electrons. The standard InChI is InChI=1S/C12H18N4O4/c1-8-14-11(15-20-8)12(19)16-4-2-3-9(7-16)5-13-6-10(17)18/h9,13H,2-7H2,1H3,(H,17,18). The van der Waals surface area contributed by atoms with E-state index in [0.29, 0.717) is 25.5 Å². The minimum absolute atomic E-state index is 0.0610. The van der Waals surface area contributed by atoms with Crippen LogP contribution in [0, 0.1) is 12.8 Å². The smallest absolute Gasteiger partial charge is 0.317 e. The van der Waals surface area contributed by atoms with Crippen molar-refractivity contribution in [2.75, 3.05) is 26.2 Å². The van der Waals surface area contributed by atoms with Crippen LogP contribution in [0.5, 0.6) is 0 Å². The third-order valence-corrected chi connectivity index (χ3v) is 3.23. The van der Waals surface area contributed by atoms with Crippen molar-refractivity contribution in [2.45, 2.75) is 19.8 Å². The second kappa shape index (κ2) is 6.47. The van der Waals surface area contributed by atoms with Crippen LogP contribution in [0.1, 0.15) is 29.4 Å².